The topological polar surface area (TPSA) is 93.3 Å². The summed E-state index contributed by atoms with van der Waals surface area (Å²) in [6.07, 6.45) is -5.05. The number of hydrogen-bond acceptors (Lipinski definition) is 6. The molecule has 170 valence electrons. The Morgan fingerprint density at radius 1 is 1.28 bits per heavy atom. The maximum atomic E-state index is 14.1. The largest absolute Gasteiger partial charge is 0.573 e. The van der Waals surface area contributed by atoms with E-state index in [-0.39, 0.29) is 23.7 Å². The van der Waals surface area contributed by atoms with Crippen LogP contribution < -0.4 is 15.6 Å². The number of ether oxygens (including phenoxy) is 2. The molecule has 0 radical (unpaired) electrons. The normalized spacial score (nSPS) is 12.4. The van der Waals surface area contributed by atoms with E-state index in [0.717, 1.165) is 23.1 Å². The standard InChI is InChI=1S/C20H17F4N3O4S/c1-10-5-12(9-32-10)18-25-14(7-17(28)27-18)19(29)26-15(8-30-2)11-3-4-16(13(21)6-11)31-20(22,23)24/h3-7,9,15H,8H2,1-2H3,(H,26,29)(H,25,27,28)/t15-/m1/s1. The first kappa shape index (κ1) is 23.4. The number of methoxy groups -OCH3 is 1. The van der Waals surface area contributed by atoms with Crippen LogP contribution in [0.25, 0.3) is 11.4 Å². The molecule has 0 fully saturated rings. The Hall–Kier alpha value is -3.25. The van der Waals surface area contributed by atoms with Gasteiger partial charge in [-0.05, 0) is 30.7 Å². The van der Waals surface area contributed by atoms with Gasteiger partial charge in [-0.2, -0.15) is 0 Å². The van der Waals surface area contributed by atoms with Crippen molar-refractivity contribution in [3.05, 3.63) is 68.0 Å². The number of benzene rings is 1. The minimum Gasteiger partial charge on any atom is -0.403 e. The zero-order valence-corrected chi connectivity index (χ0v) is 17.6. The number of hydrogen-bond donors (Lipinski definition) is 2. The summed E-state index contributed by atoms with van der Waals surface area (Å²) in [7, 11) is 1.33. The molecule has 0 bridgehead atoms. The molecule has 0 aliphatic rings. The Kier molecular flexibility index (Phi) is 6.94. The minimum atomic E-state index is -5.05. The highest BCUT2D eigenvalue weighted by Crippen LogP contribution is 2.28. The van der Waals surface area contributed by atoms with Crippen molar-refractivity contribution in [2.45, 2.75) is 19.3 Å². The quantitative estimate of drug-likeness (QED) is 0.509. The van der Waals surface area contributed by atoms with Crippen molar-refractivity contribution >= 4 is 17.2 Å². The van der Waals surface area contributed by atoms with Crippen LogP contribution in [0.3, 0.4) is 0 Å². The number of halogens is 4. The van der Waals surface area contributed by atoms with Gasteiger partial charge in [0.25, 0.3) is 11.5 Å². The van der Waals surface area contributed by atoms with Crippen LogP contribution in [0.15, 0.2) is 40.5 Å². The lowest BCUT2D eigenvalue weighted by molar-refractivity contribution is -0.275. The van der Waals surface area contributed by atoms with Crippen LogP contribution in [0.5, 0.6) is 5.75 Å². The third-order valence-corrected chi connectivity index (χ3v) is 5.06. The number of alkyl halides is 3. The predicted molar refractivity (Wildman–Crippen MR) is 108 cm³/mol. The van der Waals surface area contributed by atoms with E-state index in [1.165, 1.54) is 24.5 Å². The molecule has 0 saturated heterocycles. The van der Waals surface area contributed by atoms with Gasteiger partial charge < -0.3 is 19.8 Å². The van der Waals surface area contributed by atoms with Crippen LogP contribution in [-0.4, -0.2) is 36.0 Å². The molecule has 0 saturated carbocycles. The molecular formula is C20H17F4N3O4S. The number of aryl methyl sites for hydroxylation is 1. The van der Waals surface area contributed by atoms with E-state index in [4.69, 9.17) is 4.74 Å². The average molecular weight is 471 g/mol. The van der Waals surface area contributed by atoms with Crippen LogP contribution in [0.4, 0.5) is 17.6 Å². The number of nitrogens with one attached hydrogen (secondary N) is 2. The van der Waals surface area contributed by atoms with Gasteiger partial charge in [0.2, 0.25) is 0 Å². The van der Waals surface area contributed by atoms with Crippen molar-refractivity contribution in [3.8, 4) is 17.1 Å². The minimum absolute atomic E-state index is 0.121. The summed E-state index contributed by atoms with van der Waals surface area (Å²) < 4.78 is 59.8. The van der Waals surface area contributed by atoms with Gasteiger partial charge in [0, 0.05) is 29.0 Å². The molecule has 0 spiro atoms. The first-order valence-electron chi connectivity index (χ1n) is 9.07. The molecule has 0 unspecified atom stereocenters. The number of carbonyl (C=O) groups excluding carboxylic acids is 1. The fraction of sp³-hybridized carbons (Fsp3) is 0.250. The SMILES string of the molecule is COC[C@@H](NC(=O)c1cc(=O)[nH]c(-c2csc(C)c2)n1)c1ccc(OC(F)(F)F)c(F)c1. The van der Waals surface area contributed by atoms with E-state index >= 15 is 0 Å². The van der Waals surface area contributed by atoms with Crippen LogP contribution in [0.2, 0.25) is 0 Å². The van der Waals surface area contributed by atoms with E-state index in [1.54, 1.807) is 11.4 Å². The van der Waals surface area contributed by atoms with Gasteiger partial charge in [-0.25, -0.2) is 9.37 Å². The summed E-state index contributed by atoms with van der Waals surface area (Å²) >= 11 is 1.44. The molecule has 3 rings (SSSR count). The molecule has 1 aromatic carbocycles. The van der Waals surface area contributed by atoms with Gasteiger partial charge in [0.05, 0.1) is 12.6 Å². The molecule has 2 N–H and O–H groups in total. The lowest BCUT2D eigenvalue weighted by atomic mass is 10.1. The van der Waals surface area contributed by atoms with E-state index in [2.05, 4.69) is 20.0 Å². The van der Waals surface area contributed by atoms with Crippen LogP contribution >= 0.6 is 11.3 Å². The molecule has 2 heterocycles. The highest BCUT2D eigenvalue weighted by molar-refractivity contribution is 7.10. The number of aromatic nitrogens is 2. The molecule has 7 nitrogen and oxygen atoms in total. The number of thiophene rings is 1. The van der Waals surface area contributed by atoms with Crippen molar-refractivity contribution < 1.29 is 31.8 Å². The number of nitrogens with zero attached hydrogens (tertiary/aromatic N) is 1. The summed E-state index contributed by atoms with van der Waals surface area (Å²) in [4.78, 5) is 32.5. The zero-order valence-electron chi connectivity index (χ0n) is 16.7. The fourth-order valence-corrected chi connectivity index (χ4v) is 3.53. The number of H-pyrrole nitrogens is 1. The molecule has 0 aliphatic heterocycles. The smallest absolute Gasteiger partial charge is 0.403 e. The van der Waals surface area contributed by atoms with E-state index in [0.29, 0.717) is 5.56 Å². The second kappa shape index (κ2) is 9.49. The maximum Gasteiger partial charge on any atom is 0.573 e. The summed E-state index contributed by atoms with van der Waals surface area (Å²) in [6, 6.07) is 4.63. The number of carbonyl (C=O) groups is 1. The third-order valence-electron chi connectivity index (χ3n) is 4.20. The van der Waals surface area contributed by atoms with Crippen molar-refractivity contribution in [1.82, 2.24) is 15.3 Å². The first-order chi connectivity index (χ1) is 15.1. The average Bonchev–Trinajstić information content (AvgIpc) is 3.14. The lowest BCUT2D eigenvalue weighted by Crippen LogP contribution is -2.33. The van der Waals surface area contributed by atoms with E-state index < -0.39 is 35.4 Å². The molecule has 0 aliphatic carbocycles. The van der Waals surface area contributed by atoms with Crippen molar-refractivity contribution in [2.24, 2.45) is 0 Å². The number of rotatable bonds is 7. The predicted octanol–water partition coefficient (Wildman–Crippen LogP) is 3.96. The molecular weight excluding hydrogens is 454 g/mol. The number of amides is 1. The summed E-state index contributed by atoms with van der Waals surface area (Å²) in [6.45, 7) is 1.76. The van der Waals surface area contributed by atoms with Gasteiger partial charge >= 0.3 is 6.36 Å². The molecule has 3 aromatic rings. The van der Waals surface area contributed by atoms with Gasteiger partial charge in [-0.3, -0.25) is 9.59 Å². The highest BCUT2D eigenvalue weighted by Gasteiger charge is 2.32. The van der Waals surface area contributed by atoms with Crippen molar-refractivity contribution in [3.63, 3.8) is 0 Å². The molecule has 1 amide bonds. The third kappa shape index (κ3) is 5.92. The van der Waals surface area contributed by atoms with Gasteiger partial charge in [-0.15, -0.1) is 24.5 Å². The Labute approximate surface area is 183 Å². The fourth-order valence-electron chi connectivity index (χ4n) is 2.84. The first-order valence-corrected chi connectivity index (χ1v) is 9.95. The van der Waals surface area contributed by atoms with Gasteiger partial charge in [0.15, 0.2) is 11.6 Å². The van der Waals surface area contributed by atoms with Crippen LogP contribution in [0, 0.1) is 12.7 Å². The second-order valence-electron chi connectivity index (χ2n) is 6.64. The van der Waals surface area contributed by atoms with E-state index in [1.807, 2.05) is 6.92 Å². The number of aromatic amines is 1. The van der Waals surface area contributed by atoms with Crippen molar-refractivity contribution in [1.29, 1.82) is 0 Å². The van der Waals surface area contributed by atoms with Crippen LogP contribution in [0.1, 0.15) is 27.0 Å². The molecule has 1 atom stereocenters. The summed E-state index contributed by atoms with van der Waals surface area (Å²) in [5.41, 5.74) is 0.0268. The molecule has 12 heteroatoms. The van der Waals surface area contributed by atoms with Crippen molar-refractivity contribution in [2.75, 3.05) is 13.7 Å². The Morgan fingerprint density at radius 2 is 2.03 bits per heavy atom. The monoisotopic (exact) mass is 471 g/mol. The van der Waals surface area contributed by atoms with Crippen LogP contribution in [-0.2, 0) is 4.74 Å². The Balaban J connectivity index is 1.85. The Bertz CT molecular complexity index is 1180. The summed E-state index contributed by atoms with van der Waals surface area (Å²) in [5, 5.41) is 4.32. The second-order valence-corrected chi connectivity index (χ2v) is 7.76. The molecule has 2 aromatic heterocycles. The zero-order chi connectivity index (χ0) is 23.5. The van der Waals surface area contributed by atoms with Gasteiger partial charge in [0.1, 0.15) is 11.5 Å². The molecule has 32 heavy (non-hydrogen) atoms. The Morgan fingerprint density at radius 3 is 2.62 bits per heavy atom. The van der Waals surface area contributed by atoms with Gasteiger partial charge in [-0.1, -0.05) is 6.07 Å². The summed E-state index contributed by atoms with van der Waals surface area (Å²) in [5.74, 6) is -2.81. The lowest BCUT2D eigenvalue weighted by Gasteiger charge is -2.19. The highest BCUT2D eigenvalue weighted by atomic mass is 32.1. The maximum absolute atomic E-state index is 14.1. The van der Waals surface area contributed by atoms with E-state index in [9.17, 15) is 27.2 Å².